The van der Waals surface area contributed by atoms with Gasteiger partial charge in [0.25, 0.3) is 5.95 Å². The molecule has 2 heterocycles. The fourth-order valence-corrected chi connectivity index (χ4v) is 3.05. The first-order valence-corrected chi connectivity index (χ1v) is 8.33. The van der Waals surface area contributed by atoms with Crippen molar-refractivity contribution in [2.75, 3.05) is 5.32 Å². The molecule has 0 fully saturated rings. The zero-order chi connectivity index (χ0) is 18.1. The number of carbonyl (C=O) groups excluding carboxylic acids is 1. The molecule has 4 aromatic rings. The van der Waals surface area contributed by atoms with Crippen LogP contribution in [-0.2, 0) is 4.79 Å². The van der Waals surface area contributed by atoms with Crippen LogP contribution in [-0.4, -0.2) is 26.1 Å². The topological polar surface area (TPSA) is 83.6 Å². The van der Waals surface area contributed by atoms with Crippen LogP contribution in [0.4, 0.5) is 10.3 Å². The lowest BCUT2D eigenvalue weighted by Gasteiger charge is -2.14. The third-order valence-corrected chi connectivity index (χ3v) is 4.34. The maximum absolute atomic E-state index is 13.4. The number of halogens is 1. The lowest BCUT2D eigenvalue weighted by atomic mass is 9.96. The third-order valence-electron chi connectivity index (χ3n) is 4.34. The maximum atomic E-state index is 13.4. The van der Waals surface area contributed by atoms with Gasteiger partial charge in [-0.2, -0.15) is 4.98 Å². The van der Waals surface area contributed by atoms with Crippen LogP contribution in [0, 0.1) is 5.82 Å². The minimum absolute atomic E-state index is 0.115. The van der Waals surface area contributed by atoms with Crippen molar-refractivity contribution in [3.63, 3.8) is 0 Å². The second-order valence-electron chi connectivity index (χ2n) is 6.01. The molecule has 0 aliphatic rings. The molecule has 0 spiro atoms. The van der Waals surface area contributed by atoms with E-state index < -0.39 is 0 Å². The lowest BCUT2D eigenvalue weighted by molar-refractivity contribution is -0.117. The van der Waals surface area contributed by atoms with Gasteiger partial charge in [0.05, 0.1) is 5.92 Å². The van der Waals surface area contributed by atoms with Crippen LogP contribution in [0.25, 0.3) is 22.1 Å². The summed E-state index contributed by atoms with van der Waals surface area (Å²) >= 11 is 0. The van der Waals surface area contributed by atoms with Gasteiger partial charge in [-0.3, -0.25) is 10.1 Å². The fourth-order valence-electron chi connectivity index (χ4n) is 3.05. The van der Waals surface area contributed by atoms with Gasteiger partial charge in [-0.05, 0) is 30.2 Å². The molecule has 2 aromatic heterocycles. The van der Waals surface area contributed by atoms with E-state index in [0.29, 0.717) is 28.5 Å². The van der Waals surface area contributed by atoms with Gasteiger partial charge < -0.3 is 4.98 Å². The first-order chi connectivity index (χ1) is 12.7. The highest BCUT2D eigenvalue weighted by Crippen LogP contribution is 2.24. The third kappa shape index (κ3) is 2.88. The molecule has 2 aromatic carbocycles. The molecule has 0 saturated carbocycles. The normalized spacial score (nSPS) is 12.4. The summed E-state index contributed by atoms with van der Waals surface area (Å²) in [4.78, 5) is 20.0. The lowest BCUT2D eigenvalue weighted by Crippen LogP contribution is -2.22. The number of nitrogens with one attached hydrogen (secondary N) is 2. The zero-order valence-corrected chi connectivity index (χ0v) is 14.0. The molecule has 1 atom stereocenters. The molecule has 1 amide bonds. The van der Waals surface area contributed by atoms with Crippen LogP contribution in [0.5, 0.6) is 0 Å². The Morgan fingerprint density at radius 3 is 2.77 bits per heavy atom. The fraction of sp³-hybridized carbons (Fsp3) is 0.158. The van der Waals surface area contributed by atoms with Crippen LogP contribution >= 0.6 is 0 Å². The number of aromatic amines is 1. The number of benzene rings is 2. The Kier molecular flexibility index (Phi) is 4.04. The number of rotatable bonds is 4. The monoisotopic (exact) mass is 349 g/mol. The van der Waals surface area contributed by atoms with E-state index in [1.807, 2.05) is 37.3 Å². The smallest absolute Gasteiger partial charge is 0.251 e. The first kappa shape index (κ1) is 16.1. The SMILES string of the molecule is CCC(C(=O)Nc1nnc2c(n1)[nH]c1ccc(F)cc12)c1ccccc1. The Bertz CT molecular complexity index is 1090. The number of hydrogen-bond acceptors (Lipinski definition) is 4. The van der Waals surface area contributed by atoms with E-state index in [4.69, 9.17) is 0 Å². The number of fused-ring (bicyclic) bond motifs is 3. The number of hydrogen-bond donors (Lipinski definition) is 2. The standard InChI is InChI=1S/C19H16FN5O/c1-2-13(11-6-4-3-5-7-11)18(26)23-19-22-17-16(24-25-19)14-10-12(20)8-9-15(14)21-17/h3-10,13H,2H2,1H3,(H2,21,22,23,25,26). The first-order valence-electron chi connectivity index (χ1n) is 8.33. The highest BCUT2D eigenvalue weighted by Gasteiger charge is 2.20. The van der Waals surface area contributed by atoms with Crippen LogP contribution in [0.15, 0.2) is 48.5 Å². The predicted molar refractivity (Wildman–Crippen MR) is 97.3 cm³/mol. The van der Waals surface area contributed by atoms with Crippen molar-refractivity contribution < 1.29 is 9.18 Å². The molecule has 26 heavy (non-hydrogen) atoms. The minimum Gasteiger partial charge on any atom is -0.338 e. The Morgan fingerprint density at radius 2 is 2.00 bits per heavy atom. The largest absolute Gasteiger partial charge is 0.338 e. The number of amides is 1. The number of H-pyrrole nitrogens is 1. The number of anilines is 1. The molecule has 0 saturated heterocycles. The van der Waals surface area contributed by atoms with Crippen molar-refractivity contribution in [3.8, 4) is 0 Å². The molecule has 6 nitrogen and oxygen atoms in total. The maximum Gasteiger partial charge on any atom is 0.251 e. The van der Waals surface area contributed by atoms with Crippen molar-refractivity contribution in [2.24, 2.45) is 0 Å². The predicted octanol–water partition coefficient (Wildman–Crippen LogP) is 3.78. The highest BCUT2D eigenvalue weighted by molar-refractivity contribution is 6.03. The number of carbonyl (C=O) groups is 1. The summed E-state index contributed by atoms with van der Waals surface area (Å²) in [5.41, 5.74) is 2.56. The Labute approximate surface area is 148 Å². The average molecular weight is 349 g/mol. The second kappa shape index (κ2) is 6.51. The minimum atomic E-state index is -0.355. The molecule has 0 radical (unpaired) electrons. The van der Waals surface area contributed by atoms with E-state index in [2.05, 4.69) is 25.5 Å². The van der Waals surface area contributed by atoms with Crippen molar-refractivity contribution in [1.29, 1.82) is 0 Å². The van der Waals surface area contributed by atoms with Gasteiger partial charge in [0, 0.05) is 10.9 Å². The van der Waals surface area contributed by atoms with Crippen LogP contribution in [0.3, 0.4) is 0 Å². The summed E-state index contributed by atoms with van der Waals surface area (Å²) in [6, 6.07) is 13.9. The summed E-state index contributed by atoms with van der Waals surface area (Å²) in [5.74, 6) is -0.732. The van der Waals surface area contributed by atoms with Crippen LogP contribution < -0.4 is 5.32 Å². The Morgan fingerprint density at radius 1 is 1.19 bits per heavy atom. The Balaban J connectivity index is 1.64. The average Bonchev–Trinajstić information content (AvgIpc) is 3.00. The second-order valence-corrected chi connectivity index (χ2v) is 6.01. The molecule has 0 aliphatic carbocycles. The molecule has 0 bridgehead atoms. The number of aromatic nitrogens is 4. The number of nitrogens with zero attached hydrogens (tertiary/aromatic N) is 3. The van der Waals surface area contributed by atoms with Gasteiger partial charge in [-0.1, -0.05) is 37.3 Å². The quantitative estimate of drug-likeness (QED) is 0.587. The highest BCUT2D eigenvalue weighted by atomic mass is 19.1. The molecule has 0 aliphatic heterocycles. The van der Waals surface area contributed by atoms with Crippen molar-refractivity contribution in [1.82, 2.24) is 20.2 Å². The van der Waals surface area contributed by atoms with E-state index in [0.717, 1.165) is 5.56 Å². The molecule has 1 unspecified atom stereocenters. The molecule has 2 N–H and O–H groups in total. The summed E-state index contributed by atoms with van der Waals surface area (Å²) in [7, 11) is 0. The molecule has 7 heteroatoms. The van der Waals surface area contributed by atoms with Crippen molar-refractivity contribution >= 4 is 33.9 Å². The zero-order valence-electron chi connectivity index (χ0n) is 14.0. The van der Waals surface area contributed by atoms with Gasteiger partial charge in [0.15, 0.2) is 5.65 Å². The molecular formula is C19H16FN5O. The van der Waals surface area contributed by atoms with Crippen LogP contribution in [0.1, 0.15) is 24.8 Å². The summed E-state index contributed by atoms with van der Waals surface area (Å²) < 4.78 is 13.4. The molecule has 130 valence electrons. The molecular weight excluding hydrogens is 333 g/mol. The van der Waals surface area contributed by atoms with E-state index >= 15 is 0 Å². The molecule has 4 rings (SSSR count). The van der Waals surface area contributed by atoms with E-state index in [-0.39, 0.29) is 23.6 Å². The van der Waals surface area contributed by atoms with Gasteiger partial charge >= 0.3 is 0 Å². The van der Waals surface area contributed by atoms with Gasteiger partial charge in [-0.15, -0.1) is 10.2 Å². The van der Waals surface area contributed by atoms with Crippen molar-refractivity contribution in [3.05, 3.63) is 59.9 Å². The Hall–Kier alpha value is -3.35. The summed E-state index contributed by atoms with van der Waals surface area (Å²) in [5, 5.41) is 11.4. The van der Waals surface area contributed by atoms with Gasteiger partial charge in [0.1, 0.15) is 11.3 Å². The van der Waals surface area contributed by atoms with Crippen LogP contribution in [0.2, 0.25) is 0 Å². The van der Waals surface area contributed by atoms with Gasteiger partial charge in [0.2, 0.25) is 5.91 Å². The van der Waals surface area contributed by atoms with E-state index in [1.165, 1.54) is 12.1 Å². The van der Waals surface area contributed by atoms with E-state index in [9.17, 15) is 9.18 Å². The summed E-state index contributed by atoms with van der Waals surface area (Å²) in [6.07, 6.45) is 0.650. The van der Waals surface area contributed by atoms with Crippen molar-refractivity contribution in [2.45, 2.75) is 19.3 Å². The van der Waals surface area contributed by atoms with E-state index in [1.54, 1.807) is 6.07 Å². The summed E-state index contributed by atoms with van der Waals surface area (Å²) in [6.45, 7) is 1.95. The van der Waals surface area contributed by atoms with Gasteiger partial charge in [-0.25, -0.2) is 4.39 Å².